The van der Waals surface area contributed by atoms with Gasteiger partial charge in [-0.05, 0) is 56.0 Å². The maximum Gasteiger partial charge on any atom is 0.340 e. The topological polar surface area (TPSA) is 84.0 Å². The van der Waals surface area contributed by atoms with E-state index in [2.05, 4.69) is 0 Å². The summed E-state index contributed by atoms with van der Waals surface area (Å²) in [6.45, 7) is 2.38. The average molecular weight is 477 g/mol. The van der Waals surface area contributed by atoms with Crippen LogP contribution in [0, 0.1) is 0 Å². The van der Waals surface area contributed by atoms with Crippen LogP contribution in [0.15, 0.2) is 47.4 Å². The van der Waals surface area contributed by atoms with Crippen molar-refractivity contribution in [3.05, 3.63) is 58.6 Å². The first-order valence-electron chi connectivity index (χ1n) is 10.7. The lowest BCUT2D eigenvalue weighted by Crippen LogP contribution is -2.38. The normalized spacial score (nSPS) is 18.9. The number of para-hydroxylation sites is 1. The molecule has 0 aliphatic carbocycles. The molecule has 2 aliphatic rings. The molecule has 4 rings (SSSR count). The molecule has 1 amide bonds. The van der Waals surface area contributed by atoms with Crippen molar-refractivity contribution in [2.24, 2.45) is 0 Å². The van der Waals surface area contributed by atoms with Crippen LogP contribution < -0.4 is 4.90 Å². The monoisotopic (exact) mass is 476 g/mol. The van der Waals surface area contributed by atoms with Crippen LogP contribution in [0.3, 0.4) is 0 Å². The van der Waals surface area contributed by atoms with E-state index in [-0.39, 0.29) is 27.4 Å². The highest BCUT2D eigenvalue weighted by molar-refractivity contribution is 7.89. The van der Waals surface area contributed by atoms with Gasteiger partial charge in [0.25, 0.3) is 5.91 Å². The van der Waals surface area contributed by atoms with Crippen molar-refractivity contribution >= 4 is 39.2 Å². The third-order valence-electron chi connectivity index (χ3n) is 5.91. The van der Waals surface area contributed by atoms with E-state index < -0.39 is 22.6 Å². The number of ether oxygens (including phenoxy) is 1. The zero-order valence-electron chi connectivity index (χ0n) is 17.8. The molecular weight excluding hydrogens is 452 g/mol. The van der Waals surface area contributed by atoms with E-state index in [4.69, 9.17) is 16.3 Å². The van der Waals surface area contributed by atoms with Gasteiger partial charge in [-0.1, -0.05) is 36.2 Å². The summed E-state index contributed by atoms with van der Waals surface area (Å²) in [6.07, 6.45) is 3.35. The van der Waals surface area contributed by atoms with Crippen molar-refractivity contribution in [3.8, 4) is 0 Å². The van der Waals surface area contributed by atoms with Gasteiger partial charge < -0.3 is 9.64 Å². The van der Waals surface area contributed by atoms with E-state index in [1.54, 1.807) is 4.90 Å². The summed E-state index contributed by atoms with van der Waals surface area (Å²) >= 11 is 6.15. The highest BCUT2D eigenvalue weighted by atomic mass is 35.5. The van der Waals surface area contributed by atoms with Crippen molar-refractivity contribution in [2.75, 3.05) is 24.6 Å². The fourth-order valence-corrected chi connectivity index (χ4v) is 6.03. The van der Waals surface area contributed by atoms with Crippen LogP contribution in [0.1, 0.15) is 42.1 Å². The van der Waals surface area contributed by atoms with Crippen LogP contribution in [-0.4, -0.2) is 50.3 Å². The Bertz CT molecular complexity index is 1140. The number of piperidine rings is 1. The number of halogens is 1. The number of amides is 1. The smallest absolute Gasteiger partial charge is 0.340 e. The van der Waals surface area contributed by atoms with Crippen LogP contribution >= 0.6 is 11.6 Å². The third kappa shape index (κ3) is 4.40. The van der Waals surface area contributed by atoms with Gasteiger partial charge >= 0.3 is 5.97 Å². The maximum absolute atomic E-state index is 12.9. The first-order chi connectivity index (χ1) is 15.3. The van der Waals surface area contributed by atoms with Crippen molar-refractivity contribution in [1.29, 1.82) is 0 Å². The number of nitrogens with zero attached hydrogens (tertiary/aromatic N) is 2. The maximum atomic E-state index is 12.9. The molecule has 0 spiro atoms. The van der Waals surface area contributed by atoms with Gasteiger partial charge in [-0.3, -0.25) is 4.79 Å². The van der Waals surface area contributed by atoms with E-state index in [0.717, 1.165) is 36.9 Å². The zero-order chi connectivity index (χ0) is 22.9. The van der Waals surface area contributed by atoms with Crippen molar-refractivity contribution in [3.63, 3.8) is 0 Å². The second-order valence-corrected chi connectivity index (χ2v) is 10.5. The minimum Gasteiger partial charge on any atom is -0.452 e. The van der Waals surface area contributed by atoms with Gasteiger partial charge in [0.2, 0.25) is 10.0 Å². The molecular formula is C23H25ClN2O5S. The second-order valence-electron chi connectivity index (χ2n) is 8.13. The molecule has 0 N–H and O–H groups in total. The number of anilines is 1. The summed E-state index contributed by atoms with van der Waals surface area (Å²) < 4.78 is 32.5. The molecule has 32 heavy (non-hydrogen) atoms. The summed E-state index contributed by atoms with van der Waals surface area (Å²) in [5, 5.41) is 0.0694. The fourth-order valence-electron chi connectivity index (χ4n) is 4.30. The van der Waals surface area contributed by atoms with Crippen LogP contribution in [0.25, 0.3) is 0 Å². The Hall–Kier alpha value is -2.42. The molecule has 1 fully saturated rings. The molecule has 0 unspecified atom stereocenters. The Morgan fingerprint density at radius 1 is 1.09 bits per heavy atom. The van der Waals surface area contributed by atoms with Gasteiger partial charge in [0, 0.05) is 24.8 Å². The summed E-state index contributed by atoms with van der Waals surface area (Å²) in [5.41, 5.74) is 1.81. The Kier molecular flexibility index (Phi) is 6.55. The Labute approximate surface area is 193 Å². The molecule has 2 aromatic rings. The highest BCUT2D eigenvalue weighted by Gasteiger charge is 2.32. The molecule has 2 aromatic carbocycles. The number of carbonyl (C=O) groups excluding carboxylic acids is 2. The largest absolute Gasteiger partial charge is 0.452 e. The predicted octanol–water partition coefficient (Wildman–Crippen LogP) is 3.65. The predicted molar refractivity (Wildman–Crippen MR) is 121 cm³/mol. The minimum absolute atomic E-state index is 0.0100. The molecule has 0 bridgehead atoms. The number of esters is 1. The Morgan fingerprint density at radius 3 is 2.56 bits per heavy atom. The molecule has 1 saturated heterocycles. The van der Waals surface area contributed by atoms with Gasteiger partial charge in [0.15, 0.2) is 6.61 Å². The SMILES string of the molecule is C[C@H]1Cc2ccccc2N1C(=O)COC(=O)c1cc(S(=O)(=O)N2CCCCC2)ccc1Cl. The molecule has 170 valence electrons. The van der Waals surface area contributed by atoms with Crippen LogP contribution in [0.2, 0.25) is 5.02 Å². The number of sulfonamides is 1. The number of fused-ring (bicyclic) bond motifs is 1. The summed E-state index contributed by atoms with van der Waals surface area (Å²) in [5.74, 6) is -1.18. The lowest BCUT2D eigenvalue weighted by Gasteiger charge is -2.26. The summed E-state index contributed by atoms with van der Waals surface area (Å²) in [6, 6.07) is 11.6. The van der Waals surface area contributed by atoms with Gasteiger partial charge in [0.1, 0.15) is 0 Å². The lowest BCUT2D eigenvalue weighted by atomic mass is 10.1. The molecule has 2 heterocycles. The molecule has 0 aromatic heterocycles. The number of benzene rings is 2. The van der Waals surface area contributed by atoms with E-state index >= 15 is 0 Å². The van der Waals surface area contributed by atoms with E-state index in [9.17, 15) is 18.0 Å². The average Bonchev–Trinajstić information content (AvgIpc) is 3.13. The molecule has 7 nitrogen and oxygen atoms in total. The van der Waals surface area contributed by atoms with E-state index in [0.29, 0.717) is 13.1 Å². The number of rotatable bonds is 5. The zero-order valence-corrected chi connectivity index (χ0v) is 19.4. The summed E-state index contributed by atoms with van der Waals surface area (Å²) in [4.78, 5) is 27.1. The number of hydrogen-bond acceptors (Lipinski definition) is 5. The fraction of sp³-hybridized carbons (Fsp3) is 0.391. The number of carbonyl (C=O) groups is 2. The molecule has 2 aliphatic heterocycles. The van der Waals surface area contributed by atoms with Crippen molar-refractivity contribution in [1.82, 2.24) is 4.31 Å². The van der Waals surface area contributed by atoms with Gasteiger partial charge in [-0.15, -0.1) is 0 Å². The highest BCUT2D eigenvalue weighted by Crippen LogP contribution is 2.32. The lowest BCUT2D eigenvalue weighted by molar-refractivity contribution is -0.122. The van der Waals surface area contributed by atoms with E-state index in [1.165, 1.54) is 22.5 Å². The van der Waals surface area contributed by atoms with Crippen LogP contribution in [0.5, 0.6) is 0 Å². The molecule has 0 radical (unpaired) electrons. The van der Waals surface area contributed by atoms with Crippen molar-refractivity contribution < 1.29 is 22.7 Å². The molecule has 1 atom stereocenters. The third-order valence-corrected chi connectivity index (χ3v) is 8.14. The quantitative estimate of drug-likeness (QED) is 0.615. The molecule has 9 heteroatoms. The second kappa shape index (κ2) is 9.21. The van der Waals surface area contributed by atoms with Gasteiger partial charge in [-0.2, -0.15) is 4.31 Å². The summed E-state index contributed by atoms with van der Waals surface area (Å²) in [7, 11) is -3.73. The Balaban J connectivity index is 1.48. The van der Waals surface area contributed by atoms with Crippen LogP contribution in [0.4, 0.5) is 5.69 Å². The minimum atomic E-state index is -3.73. The molecule has 0 saturated carbocycles. The first-order valence-corrected chi connectivity index (χ1v) is 12.5. The first kappa shape index (κ1) is 22.8. The van der Waals surface area contributed by atoms with Gasteiger partial charge in [0.05, 0.1) is 15.5 Å². The Morgan fingerprint density at radius 2 is 1.81 bits per heavy atom. The van der Waals surface area contributed by atoms with Crippen molar-refractivity contribution in [2.45, 2.75) is 43.5 Å². The number of hydrogen-bond donors (Lipinski definition) is 0. The van der Waals surface area contributed by atoms with Crippen LogP contribution in [-0.2, 0) is 26.0 Å². The van der Waals surface area contributed by atoms with Gasteiger partial charge in [-0.25, -0.2) is 13.2 Å². The van der Waals surface area contributed by atoms with E-state index in [1.807, 2.05) is 31.2 Å². The standard InChI is InChI=1S/C23H25ClN2O5S/c1-16-13-17-7-3-4-8-21(17)26(16)22(27)15-31-23(28)19-14-18(9-10-20(19)24)32(29,30)25-11-5-2-6-12-25/h3-4,7-10,14,16H,2,5-6,11-13,15H2,1H3/t16-/m0/s1.